The normalized spacial score (nSPS) is 10.5. The fraction of sp³-hybridized carbons (Fsp3) is 1.00. The number of unbranched alkanes of at least 4 members (excludes halogenated alkanes) is 2. The molecule has 0 atom stereocenters. The standard InChI is InChI=1S/C8H16Cl2O2/c9-5-1-3-7-11-12-8-4-2-6-10/h1-8H2. The Kier molecular flexibility index (Phi) is 12.0. The van der Waals surface area contributed by atoms with Gasteiger partial charge in [0.05, 0.1) is 13.2 Å². The van der Waals surface area contributed by atoms with E-state index in [2.05, 4.69) is 0 Å². The third-order valence-corrected chi connectivity index (χ3v) is 1.84. The van der Waals surface area contributed by atoms with Gasteiger partial charge in [-0.15, -0.1) is 23.2 Å². The molecule has 0 heterocycles. The summed E-state index contributed by atoms with van der Waals surface area (Å²) in [5.74, 6) is 1.38. The predicted molar refractivity (Wildman–Crippen MR) is 51.8 cm³/mol. The summed E-state index contributed by atoms with van der Waals surface area (Å²) >= 11 is 10.9. The van der Waals surface area contributed by atoms with Crippen LogP contribution in [0.1, 0.15) is 25.7 Å². The SMILES string of the molecule is ClCCCCOOCCCCCl. The molecule has 0 saturated carbocycles. The molecule has 0 aliphatic carbocycles. The Bertz CT molecular complexity index is 71.5. The van der Waals surface area contributed by atoms with Gasteiger partial charge in [-0.3, -0.25) is 0 Å². The minimum Gasteiger partial charge on any atom is -0.237 e. The monoisotopic (exact) mass is 214 g/mol. The Hall–Kier alpha value is 0.500. The van der Waals surface area contributed by atoms with E-state index in [0.29, 0.717) is 25.0 Å². The van der Waals surface area contributed by atoms with Crippen molar-refractivity contribution in [3.8, 4) is 0 Å². The topological polar surface area (TPSA) is 18.5 Å². The molecule has 12 heavy (non-hydrogen) atoms. The lowest BCUT2D eigenvalue weighted by Crippen LogP contribution is -1.99. The van der Waals surface area contributed by atoms with E-state index in [-0.39, 0.29) is 0 Å². The average Bonchev–Trinajstić information content (AvgIpc) is 2.10. The Morgan fingerprint density at radius 1 is 0.667 bits per heavy atom. The molecule has 0 unspecified atom stereocenters. The van der Waals surface area contributed by atoms with Gasteiger partial charge in [0.1, 0.15) is 0 Å². The van der Waals surface area contributed by atoms with Crippen molar-refractivity contribution in [3.63, 3.8) is 0 Å². The Labute approximate surface area is 84.1 Å². The highest BCUT2D eigenvalue weighted by Gasteiger charge is 1.90. The van der Waals surface area contributed by atoms with Crippen molar-refractivity contribution in [2.24, 2.45) is 0 Å². The minimum atomic E-state index is 0.633. The van der Waals surface area contributed by atoms with Crippen LogP contribution < -0.4 is 0 Å². The first-order valence-electron chi connectivity index (χ1n) is 4.28. The third kappa shape index (κ3) is 10.5. The molecule has 0 aromatic carbocycles. The summed E-state index contributed by atoms with van der Waals surface area (Å²) in [6.45, 7) is 1.27. The van der Waals surface area contributed by atoms with Crippen LogP contribution in [0.25, 0.3) is 0 Å². The van der Waals surface area contributed by atoms with Crippen molar-refractivity contribution in [2.75, 3.05) is 25.0 Å². The van der Waals surface area contributed by atoms with Gasteiger partial charge >= 0.3 is 0 Å². The van der Waals surface area contributed by atoms with Crippen LogP contribution in [0.15, 0.2) is 0 Å². The van der Waals surface area contributed by atoms with Gasteiger partial charge in [-0.25, -0.2) is 9.78 Å². The van der Waals surface area contributed by atoms with Gasteiger partial charge in [-0.05, 0) is 25.7 Å². The molecule has 4 heteroatoms. The van der Waals surface area contributed by atoms with Crippen molar-refractivity contribution in [2.45, 2.75) is 25.7 Å². The number of hydrogen-bond acceptors (Lipinski definition) is 2. The van der Waals surface area contributed by atoms with Crippen LogP contribution in [0.2, 0.25) is 0 Å². The van der Waals surface area contributed by atoms with Crippen LogP contribution in [-0.4, -0.2) is 25.0 Å². The lowest BCUT2D eigenvalue weighted by atomic mass is 10.4. The maximum absolute atomic E-state index is 5.47. The van der Waals surface area contributed by atoms with Crippen molar-refractivity contribution in [3.05, 3.63) is 0 Å². The van der Waals surface area contributed by atoms with E-state index in [9.17, 15) is 0 Å². The van der Waals surface area contributed by atoms with Crippen LogP contribution in [0.5, 0.6) is 0 Å². The molecule has 0 spiro atoms. The lowest BCUT2D eigenvalue weighted by molar-refractivity contribution is -0.295. The van der Waals surface area contributed by atoms with Crippen LogP contribution in [0.4, 0.5) is 0 Å². The van der Waals surface area contributed by atoms with Crippen LogP contribution in [0, 0.1) is 0 Å². The Morgan fingerprint density at radius 3 is 1.42 bits per heavy atom. The van der Waals surface area contributed by atoms with Crippen LogP contribution in [0.3, 0.4) is 0 Å². The summed E-state index contributed by atoms with van der Waals surface area (Å²) in [6.07, 6.45) is 3.87. The van der Waals surface area contributed by atoms with Gasteiger partial charge in [0.25, 0.3) is 0 Å². The molecule has 0 N–H and O–H groups in total. The zero-order valence-corrected chi connectivity index (χ0v) is 8.74. The molecule has 74 valence electrons. The molecule has 2 nitrogen and oxygen atoms in total. The van der Waals surface area contributed by atoms with Crippen molar-refractivity contribution >= 4 is 23.2 Å². The zero-order chi connectivity index (χ0) is 9.07. The summed E-state index contributed by atoms with van der Waals surface area (Å²) in [5.41, 5.74) is 0. The number of rotatable bonds is 9. The maximum atomic E-state index is 5.47. The summed E-state index contributed by atoms with van der Waals surface area (Å²) in [4.78, 5) is 9.76. The van der Waals surface area contributed by atoms with Gasteiger partial charge < -0.3 is 0 Å². The molecule has 0 aliphatic heterocycles. The summed E-state index contributed by atoms with van der Waals surface area (Å²) in [5, 5.41) is 0. The second kappa shape index (κ2) is 11.5. The molecule has 0 aliphatic rings. The van der Waals surface area contributed by atoms with Gasteiger partial charge in [-0.2, -0.15) is 0 Å². The molecule has 0 aromatic heterocycles. The third-order valence-electron chi connectivity index (χ3n) is 1.31. The van der Waals surface area contributed by atoms with E-state index < -0.39 is 0 Å². The fourth-order valence-corrected chi connectivity index (χ4v) is 1.01. The first-order valence-corrected chi connectivity index (χ1v) is 5.35. The zero-order valence-electron chi connectivity index (χ0n) is 7.23. The maximum Gasteiger partial charge on any atom is 0.0822 e. The highest BCUT2D eigenvalue weighted by molar-refractivity contribution is 6.18. The second-order valence-corrected chi connectivity index (χ2v) is 3.19. The highest BCUT2D eigenvalue weighted by atomic mass is 35.5. The number of halogens is 2. The van der Waals surface area contributed by atoms with Gasteiger partial charge in [-0.1, -0.05) is 0 Å². The van der Waals surface area contributed by atoms with Crippen molar-refractivity contribution < 1.29 is 9.78 Å². The van der Waals surface area contributed by atoms with E-state index in [1.165, 1.54) is 0 Å². The van der Waals surface area contributed by atoms with Crippen molar-refractivity contribution in [1.82, 2.24) is 0 Å². The van der Waals surface area contributed by atoms with Crippen molar-refractivity contribution in [1.29, 1.82) is 0 Å². The molecule has 0 bridgehead atoms. The van der Waals surface area contributed by atoms with E-state index >= 15 is 0 Å². The Morgan fingerprint density at radius 2 is 1.08 bits per heavy atom. The smallest absolute Gasteiger partial charge is 0.0822 e. The summed E-state index contributed by atoms with van der Waals surface area (Å²) in [7, 11) is 0. The largest absolute Gasteiger partial charge is 0.237 e. The van der Waals surface area contributed by atoms with E-state index in [1.807, 2.05) is 0 Å². The van der Waals surface area contributed by atoms with E-state index in [4.69, 9.17) is 33.0 Å². The summed E-state index contributed by atoms with van der Waals surface area (Å²) < 4.78 is 0. The fourth-order valence-electron chi connectivity index (χ4n) is 0.629. The second-order valence-electron chi connectivity index (χ2n) is 2.44. The molecule has 0 amide bonds. The van der Waals surface area contributed by atoms with Gasteiger partial charge in [0, 0.05) is 11.8 Å². The molecule has 0 aromatic rings. The minimum absolute atomic E-state index is 0.633. The first-order chi connectivity index (χ1) is 5.91. The first kappa shape index (κ1) is 12.5. The van der Waals surface area contributed by atoms with Crippen LogP contribution >= 0.6 is 23.2 Å². The average molecular weight is 215 g/mol. The molecule has 0 fully saturated rings. The number of alkyl halides is 2. The Balaban J connectivity index is 2.73. The predicted octanol–water partition coefficient (Wildman–Crippen LogP) is 2.97. The molecule has 0 radical (unpaired) electrons. The van der Waals surface area contributed by atoms with Crippen LogP contribution in [-0.2, 0) is 9.78 Å². The quantitative estimate of drug-likeness (QED) is 0.255. The molecular formula is C8H16Cl2O2. The summed E-state index contributed by atoms with van der Waals surface area (Å²) in [6, 6.07) is 0. The molecule has 0 saturated heterocycles. The lowest BCUT2D eigenvalue weighted by Gasteiger charge is -2.01. The highest BCUT2D eigenvalue weighted by Crippen LogP contribution is 1.95. The molecule has 0 rings (SSSR count). The van der Waals surface area contributed by atoms with Gasteiger partial charge in [0.15, 0.2) is 0 Å². The number of hydrogen-bond donors (Lipinski definition) is 0. The van der Waals surface area contributed by atoms with E-state index in [0.717, 1.165) is 25.7 Å². The van der Waals surface area contributed by atoms with E-state index in [1.54, 1.807) is 0 Å². The molecular weight excluding hydrogens is 199 g/mol. The van der Waals surface area contributed by atoms with Gasteiger partial charge in [0.2, 0.25) is 0 Å².